The highest BCUT2D eigenvalue weighted by atomic mass is 19.1. The molecule has 2 atom stereocenters. The molecule has 1 saturated heterocycles. The van der Waals surface area contributed by atoms with Crippen LogP contribution in [0.25, 0.3) is 0 Å². The number of nitrogen functional groups attached to an aromatic ring is 1. The zero-order chi connectivity index (χ0) is 13.3. The molecular weight excluding hydrogens is 229 g/mol. The second-order valence-electron chi connectivity index (χ2n) is 4.94. The van der Waals surface area contributed by atoms with E-state index in [0.717, 1.165) is 24.9 Å². The number of halogens is 1. The van der Waals surface area contributed by atoms with Crippen LogP contribution in [-0.4, -0.2) is 17.9 Å². The Bertz CT molecular complexity index is 458. The van der Waals surface area contributed by atoms with Crippen molar-refractivity contribution in [2.45, 2.75) is 45.2 Å². The molecule has 18 heavy (non-hydrogen) atoms. The maximum absolute atomic E-state index is 13.9. The number of nitrogens with zero attached hydrogens (tertiary/aromatic N) is 1. The maximum Gasteiger partial charge on any atom is 0.136 e. The third-order valence-electron chi connectivity index (χ3n) is 3.80. The van der Waals surface area contributed by atoms with Gasteiger partial charge in [-0.25, -0.2) is 4.39 Å². The van der Waals surface area contributed by atoms with Crippen molar-refractivity contribution in [3.63, 3.8) is 0 Å². The van der Waals surface area contributed by atoms with E-state index in [1.165, 1.54) is 6.07 Å². The number of nitrogens with one attached hydrogen (secondary N) is 1. The van der Waals surface area contributed by atoms with Crippen LogP contribution in [0.5, 0.6) is 0 Å². The third kappa shape index (κ3) is 2.07. The van der Waals surface area contributed by atoms with Gasteiger partial charge in [-0.05, 0) is 38.3 Å². The summed E-state index contributed by atoms with van der Waals surface area (Å²) in [6, 6.07) is 5.70. The Morgan fingerprint density at radius 2 is 2.22 bits per heavy atom. The van der Waals surface area contributed by atoms with Gasteiger partial charge in [0.1, 0.15) is 11.7 Å². The first-order valence-corrected chi connectivity index (χ1v) is 6.47. The summed E-state index contributed by atoms with van der Waals surface area (Å²) in [7, 11) is 0. The first-order valence-electron chi connectivity index (χ1n) is 6.47. The molecule has 0 spiro atoms. The Kier molecular flexibility index (Phi) is 3.55. The van der Waals surface area contributed by atoms with Crippen LogP contribution in [0, 0.1) is 11.2 Å². The molecule has 4 heteroatoms. The van der Waals surface area contributed by atoms with E-state index in [-0.39, 0.29) is 11.4 Å². The Hall–Kier alpha value is -1.58. The van der Waals surface area contributed by atoms with Crippen molar-refractivity contribution in [3.8, 4) is 0 Å². The average molecular weight is 249 g/mol. The van der Waals surface area contributed by atoms with Gasteiger partial charge in [-0.1, -0.05) is 13.0 Å². The van der Waals surface area contributed by atoms with E-state index in [1.807, 2.05) is 6.07 Å². The first kappa shape index (κ1) is 12.9. The number of anilines is 1. The molecule has 0 aliphatic carbocycles. The largest absolute Gasteiger partial charge is 0.384 e. The van der Waals surface area contributed by atoms with Gasteiger partial charge in [0.2, 0.25) is 0 Å². The van der Waals surface area contributed by atoms with Crippen molar-refractivity contribution < 1.29 is 4.39 Å². The maximum atomic E-state index is 13.9. The zero-order valence-electron chi connectivity index (χ0n) is 10.9. The summed E-state index contributed by atoms with van der Waals surface area (Å²) in [5.74, 6) is -0.606. The van der Waals surface area contributed by atoms with Crippen molar-refractivity contribution >= 4 is 11.5 Å². The molecule has 0 aromatic heterocycles. The number of benzene rings is 1. The number of hydrogen-bond donors (Lipinski definition) is 2. The summed E-state index contributed by atoms with van der Waals surface area (Å²) in [6.07, 6.45) is 3.25. The quantitative estimate of drug-likeness (QED) is 0.639. The van der Waals surface area contributed by atoms with Crippen molar-refractivity contribution in [2.75, 3.05) is 4.90 Å². The minimum absolute atomic E-state index is 0.197. The SMILES string of the molecule is CCC1CCC(C)N1c1cccc(F)c1C(=N)N. The first-order chi connectivity index (χ1) is 8.56. The lowest BCUT2D eigenvalue weighted by molar-refractivity contribution is 0.608. The van der Waals surface area contributed by atoms with E-state index in [9.17, 15) is 4.39 Å². The van der Waals surface area contributed by atoms with Crippen molar-refractivity contribution in [2.24, 2.45) is 5.73 Å². The average Bonchev–Trinajstić information content (AvgIpc) is 2.69. The van der Waals surface area contributed by atoms with Gasteiger partial charge in [-0.15, -0.1) is 0 Å². The Morgan fingerprint density at radius 3 is 2.83 bits per heavy atom. The topological polar surface area (TPSA) is 53.1 Å². The molecule has 1 aromatic carbocycles. The Morgan fingerprint density at radius 1 is 1.50 bits per heavy atom. The summed E-state index contributed by atoms with van der Waals surface area (Å²) in [4.78, 5) is 2.22. The van der Waals surface area contributed by atoms with Crippen LogP contribution >= 0.6 is 0 Å². The fraction of sp³-hybridized carbons (Fsp3) is 0.500. The minimum Gasteiger partial charge on any atom is -0.384 e. The number of hydrogen-bond acceptors (Lipinski definition) is 2. The van der Waals surface area contributed by atoms with E-state index in [1.54, 1.807) is 6.07 Å². The molecule has 98 valence electrons. The standard InChI is InChI=1S/C14H20FN3/c1-3-10-8-7-9(2)18(10)12-6-4-5-11(15)13(12)14(16)17/h4-6,9-10H,3,7-8H2,1-2H3,(H3,16,17). The molecule has 2 unspecified atom stereocenters. The second kappa shape index (κ2) is 4.96. The summed E-state index contributed by atoms with van der Waals surface area (Å²) < 4.78 is 13.9. The Labute approximate surface area is 107 Å². The second-order valence-corrected chi connectivity index (χ2v) is 4.94. The highest BCUT2D eigenvalue weighted by molar-refractivity contribution is 6.00. The molecular formula is C14H20FN3. The highest BCUT2D eigenvalue weighted by Crippen LogP contribution is 2.34. The molecule has 1 aromatic rings. The lowest BCUT2D eigenvalue weighted by Crippen LogP contribution is -2.36. The molecule has 1 aliphatic heterocycles. The molecule has 0 bridgehead atoms. The van der Waals surface area contributed by atoms with E-state index in [4.69, 9.17) is 11.1 Å². The van der Waals surface area contributed by atoms with E-state index in [0.29, 0.717) is 12.1 Å². The molecule has 0 saturated carbocycles. The molecule has 1 fully saturated rings. The molecule has 3 nitrogen and oxygen atoms in total. The van der Waals surface area contributed by atoms with E-state index < -0.39 is 5.82 Å². The van der Waals surface area contributed by atoms with Crippen LogP contribution in [0.4, 0.5) is 10.1 Å². The predicted molar refractivity (Wildman–Crippen MR) is 72.7 cm³/mol. The van der Waals surface area contributed by atoms with E-state index in [2.05, 4.69) is 18.7 Å². The Balaban J connectivity index is 2.50. The number of amidine groups is 1. The lowest BCUT2D eigenvalue weighted by Gasteiger charge is -2.32. The normalized spacial score (nSPS) is 23.4. The van der Waals surface area contributed by atoms with Gasteiger partial charge in [-0.3, -0.25) is 5.41 Å². The van der Waals surface area contributed by atoms with Crippen LogP contribution in [0.15, 0.2) is 18.2 Å². The molecule has 2 rings (SSSR count). The molecule has 3 N–H and O–H groups in total. The highest BCUT2D eigenvalue weighted by Gasteiger charge is 2.31. The summed E-state index contributed by atoms with van der Waals surface area (Å²) in [5.41, 5.74) is 6.54. The predicted octanol–water partition coefficient (Wildman–Crippen LogP) is 2.88. The van der Waals surface area contributed by atoms with Crippen LogP contribution in [0.1, 0.15) is 38.7 Å². The summed E-state index contributed by atoms with van der Waals surface area (Å²) in [6.45, 7) is 4.28. The van der Waals surface area contributed by atoms with Gasteiger partial charge in [0.05, 0.1) is 11.3 Å². The molecule has 1 aliphatic rings. The molecule has 1 heterocycles. The van der Waals surface area contributed by atoms with Crippen LogP contribution in [0.2, 0.25) is 0 Å². The zero-order valence-corrected chi connectivity index (χ0v) is 10.9. The lowest BCUT2D eigenvalue weighted by atomic mass is 10.1. The van der Waals surface area contributed by atoms with Gasteiger partial charge in [0.15, 0.2) is 0 Å². The summed E-state index contributed by atoms with van der Waals surface area (Å²) >= 11 is 0. The molecule has 0 amide bonds. The van der Waals surface area contributed by atoms with Gasteiger partial charge in [0, 0.05) is 12.1 Å². The van der Waals surface area contributed by atoms with Crippen LogP contribution < -0.4 is 10.6 Å². The van der Waals surface area contributed by atoms with Gasteiger partial charge in [-0.2, -0.15) is 0 Å². The number of rotatable bonds is 3. The van der Waals surface area contributed by atoms with Crippen molar-refractivity contribution in [3.05, 3.63) is 29.6 Å². The van der Waals surface area contributed by atoms with Crippen molar-refractivity contribution in [1.29, 1.82) is 5.41 Å². The van der Waals surface area contributed by atoms with E-state index >= 15 is 0 Å². The molecule has 0 radical (unpaired) electrons. The monoisotopic (exact) mass is 249 g/mol. The smallest absolute Gasteiger partial charge is 0.136 e. The fourth-order valence-corrected chi connectivity index (χ4v) is 2.90. The van der Waals surface area contributed by atoms with Crippen LogP contribution in [-0.2, 0) is 0 Å². The van der Waals surface area contributed by atoms with Gasteiger partial charge in [0.25, 0.3) is 0 Å². The van der Waals surface area contributed by atoms with Crippen LogP contribution in [0.3, 0.4) is 0 Å². The van der Waals surface area contributed by atoms with Gasteiger partial charge < -0.3 is 10.6 Å². The summed E-state index contributed by atoms with van der Waals surface area (Å²) in [5, 5.41) is 7.58. The number of nitrogens with two attached hydrogens (primary N) is 1. The fourth-order valence-electron chi connectivity index (χ4n) is 2.90. The van der Waals surface area contributed by atoms with Crippen molar-refractivity contribution in [1.82, 2.24) is 0 Å². The minimum atomic E-state index is -0.408. The van der Waals surface area contributed by atoms with Gasteiger partial charge >= 0.3 is 0 Å². The third-order valence-corrected chi connectivity index (χ3v) is 3.80.